The van der Waals surface area contributed by atoms with E-state index in [-0.39, 0.29) is 11.8 Å². The van der Waals surface area contributed by atoms with Crippen molar-refractivity contribution in [3.8, 4) is 5.75 Å². The second-order valence-corrected chi connectivity index (χ2v) is 3.49. The van der Waals surface area contributed by atoms with E-state index in [4.69, 9.17) is 10.5 Å². The summed E-state index contributed by atoms with van der Waals surface area (Å²) in [4.78, 5) is 0. The molecule has 0 saturated heterocycles. The Balaban J connectivity index is 2.42. The molecule has 0 amide bonds. The summed E-state index contributed by atoms with van der Waals surface area (Å²) in [5.41, 5.74) is 5.69. The Kier molecular flexibility index (Phi) is 2.34. The van der Waals surface area contributed by atoms with Gasteiger partial charge in [0.1, 0.15) is 5.75 Å². The topological polar surface area (TPSA) is 35.2 Å². The Morgan fingerprint density at radius 2 is 2.07 bits per heavy atom. The Morgan fingerprint density at radius 1 is 1.33 bits per heavy atom. The first kappa shape index (κ1) is 10.3. The monoisotopic (exact) mass is 217 g/mol. The minimum absolute atomic E-state index is 0.226. The van der Waals surface area contributed by atoms with Gasteiger partial charge in [0.15, 0.2) is 0 Å². The molecule has 1 atom stereocenters. The molecule has 2 N–H and O–H groups in total. The summed E-state index contributed by atoms with van der Waals surface area (Å²) >= 11 is 0. The van der Waals surface area contributed by atoms with Gasteiger partial charge >= 0.3 is 6.18 Å². The average molecular weight is 217 g/mol. The molecule has 0 radical (unpaired) electrons. The molecule has 0 aliphatic carbocycles. The molecule has 2 nitrogen and oxygen atoms in total. The SMILES string of the molecule is N[C@@H]1CCOc2cc(C(F)(F)F)ccc21. The van der Waals surface area contributed by atoms with Crippen molar-refractivity contribution in [3.63, 3.8) is 0 Å². The van der Waals surface area contributed by atoms with Crippen LogP contribution in [-0.2, 0) is 6.18 Å². The molecular weight excluding hydrogens is 207 g/mol. The van der Waals surface area contributed by atoms with Crippen molar-refractivity contribution in [1.29, 1.82) is 0 Å². The second-order valence-electron chi connectivity index (χ2n) is 3.49. The molecule has 82 valence electrons. The van der Waals surface area contributed by atoms with Crippen LogP contribution in [0.3, 0.4) is 0 Å². The van der Waals surface area contributed by atoms with Crippen LogP contribution in [-0.4, -0.2) is 6.61 Å². The van der Waals surface area contributed by atoms with Gasteiger partial charge in [-0.1, -0.05) is 6.07 Å². The van der Waals surface area contributed by atoms with Crippen molar-refractivity contribution in [2.24, 2.45) is 5.73 Å². The molecule has 1 heterocycles. The van der Waals surface area contributed by atoms with Crippen molar-refractivity contribution in [2.75, 3.05) is 6.61 Å². The largest absolute Gasteiger partial charge is 0.493 e. The van der Waals surface area contributed by atoms with Crippen molar-refractivity contribution in [2.45, 2.75) is 18.6 Å². The lowest BCUT2D eigenvalue weighted by Crippen LogP contribution is -2.21. The molecule has 1 aromatic carbocycles. The van der Waals surface area contributed by atoms with E-state index in [1.807, 2.05) is 0 Å². The van der Waals surface area contributed by atoms with Crippen molar-refractivity contribution < 1.29 is 17.9 Å². The number of fused-ring (bicyclic) bond motifs is 1. The van der Waals surface area contributed by atoms with Crippen LogP contribution in [0.25, 0.3) is 0 Å². The molecular formula is C10H10F3NO. The zero-order valence-corrected chi connectivity index (χ0v) is 7.84. The number of alkyl halides is 3. The van der Waals surface area contributed by atoms with Crippen LogP contribution in [0.2, 0.25) is 0 Å². The molecule has 0 unspecified atom stereocenters. The quantitative estimate of drug-likeness (QED) is 0.724. The van der Waals surface area contributed by atoms with E-state index in [0.29, 0.717) is 18.6 Å². The minimum atomic E-state index is -4.33. The van der Waals surface area contributed by atoms with E-state index in [1.54, 1.807) is 0 Å². The van der Waals surface area contributed by atoms with Gasteiger partial charge in [-0.15, -0.1) is 0 Å². The zero-order valence-electron chi connectivity index (χ0n) is 7.84. The van der Waals surface area contributed by atoms with E-state index < -0.39 is 11.7 Å². The predicted octanol–water partition coefficient (Wildman–Crippen LogP) is 2.49. The molecule has 1 aromatic rings. The molecule has 0 saturated carbocycles. The van der Waals surface area contributed by atoms with E-state index in [1.165, 1.54) is 6.07 Å². The van der Waals surface area contributed by atoms with Crippen LogP contribution in [0.1, 0.15) is 23.6 Å². The number of hydrogen-bond acceptors (Lipinski definition) is 2. The van der Waals surface area contributed by atoms with E-state index in [9.17, 15) is 13.2 Å². The van der Waals surface area contributed by atoms with Crippen LogP contribution in [0.4, 0.5) is 13.2 Å². The Hall–Kier alpha value is -1.23. The molecule has 0 bridgehead atoms. The molecule has 5 heteroatoms. The van der Waals surface area contributed by atoms with E-state index in [0.717, 1.165) is 12.1 Å². The Morgan fingerprint density at radius 3 is 2.73 bits per heavy atom. The second kappa shape index (κ2) is 3.41. The molecule has 15 heavy (non-hydrogen) atoms. The van der Waals surface area contributed by atoms with Crippen molar-refractivity contribution in [3.05, 3.63) is 29.3 Å². The molecule has 1 aliphatic rings. The van der Waals surface area contributed by atoms with Gasteiger partial charge < -0.3 is 10.5 Å². The third-order valence-corrected chi connectivity index (χ3v) is 2.43. The van der Waals surface area contributed by atoms with Gasteiger partial charge in [-0.2, -0.15) is 13.2 Å². The fourth-order valence-electron chi connectivity index (χ4n) is 1.59. The average Bonchev–Trinajstić information content (AvgIpc) is 2.16. The lowest BCUT2D eigenvalue weighted by atomic mass is 9.99. The summed E-state index contributed by atoms with van der Waals surface area (Å²) in [7, 11) is 0. The summed E-state index contributed by atoms with van der Waals surface area (Å²) in [6.07, 6.45) is -3.70. The number of hydrogen-bond donors (Lipinski definition) is 1. The Bertz CT molecular complexity index is 375. The summed E-state index contributed by atoms with van der Waals surface area (Å²) < 4.78 is 42.3. The standard InChI is InChI=1S/C10H10F3NO/c11-10(12,13)6-1-2-7-8(14)3-4-15-9(7)5-6/h1-2,5,8H,3-4,14H2/t8-/m1/s1. The molecule has 0 aromatic heterocycles. The van der Waals surface area contributed by atoms with E-state index in [2.05, 4.69) is 0 Å². The lowest BCUT2D eigenvalue weighted by molar-refractivity contribution is -0.137. The first-order chi connectivity index (χ1) is 6.98. The van der Waals surface area contributed by atoms with Gasteiger partial charge in [0.2, 0.25) is 0 Å². The number of nitrogens with two attached hydrogens (primary N) is 1. The van der Waals surface area contributed by atoms with Gasteiger partial charge in [0.05, 0.1) is 12.2 Å². The molecule has 1 aliphatic heterocycles. The molecule has 2 rings (SSSR count). The lowest BCUT2D eigenvalue weighted by Gasteiger charge is -2.23. The normalized spacial score (nSPS) is 20.7. The minimum Gasteiger partial charge on any atom is -0.493 e. The maximum Gasteiger partial charge on any atom is 0.416 e. The van der Waals surface area contributed by atoms with Gasteiger partial charge in [0.25, 0.3) is 0 Å². The van der Waals surface area contributed by atoms with Gasteiger partial charge in [-0.3, -0.25) is 0 Å². The smallest absolute Gasteiger partial charge is 0.416 e. The van der Waals surface area contributed by atoms with Crippen LogP contribution in [0, 0.1) is 0 Å². The predicted molar refractivity (Wildman–Crippen MR) is 48.5 cm³/mol. The number of benzene rings is 1. The summed E-state index contributed by atoms with van der Waals surface area (Å²) in [6.45, 7) is 0.371. The van der Waals surface area contributed by atoms with Crippen molar-refractivity contribution in [1.82, 2.24) is 0 Å². The maximum absolute atomic E-state index is 12.4. The van der Waals surface area contributed by atoms with E-state index >= 15 is 0 Å². The summed E-state index contributed by atoms with van der Waals surface area (Å²) in [5, 5.41) is 0. The number of ether oxygens (including phenoxy) is 1. The van der Waals surface area contributed by atoms with Gasteiger partial charge in [-0.25, -0.2) is 0 Å². The fraction of sp³-hybridized carbons (Fsp3) is 0.400. The highest BCUT2D eigenvalue weighted by molar-refractivity contribution is 5.41. The third-order valence-electron chi connectivity index (χ3n) is 2.43. The summed E-state index contributed by atoms with van der Waals surface area (Å²) in [5.74, 6) is 0.253. The number of rotatable bonds is 0. The Labute approximate surface area is 84.8 Å². The first-order valence-electron chi connectivity index (χ1n) is 4.58. The zero-order chi connectivity index (χ0) is 11.1. The summed E-state index contributed by atoms with van der Waals surface area (Å²) in [6, 6.07) is 3.21. The van der Waals surface area contributed by atoms with Gasteiger partial charge in [-0.05, 0) is 12.1 Å². The fourth-order valence-corrected chi connectivity index (χ4v) is 1.59. The van der Waals surface area contributed by atoms with Gasteiger partial charge in [0, 0.05) is 18.0 Å². The van der Waals surface area contributed by atoms with Crippen LogP contribution in [0.5, 0.6) is 5.75 Å². The maximum atomic E-state index is 12.4. The highest BCUT2D eigenvalue weighted by Crippen LogP contribution is 2.36. The molecule has 0 fully saturated rings. The van der Waals surface area contributed by atoms with Crippen LogP contribution in [0.15, 0.2) is 18.2 Å². The highest BCUT2D eigenvalue weighted by Gasteiger charge is 2.32. The van der Waals surface area contributed by atoms with Crippen LogP contribution < -0.4 is 10.5 Å². The van der Waals surface area contributed by atoms with Crippen LogP contribution >= 0.6 is 0 Å². The molecule has 0 spiro atoms. The van der Waals surface area contributed by atoms with Crippen molar-refractivity contribution >= 4 is 0 Å². The third kappa shape index (κ3) is 1.92. The highest BCUT2D eigenvalue weighted by atomic mass is 19.4. The number of halogens is 3. The first-order valence-corrected chi connectivity index (χ1v) is 4.58.